The van der Waals surface area contributed by atoms with Crippen molar-refractivity contribution >= 4 is 11.7 Å². The second-order valence-electron chi connectivity index (χ2n) is 6.00. The van der Waals surface area contributed by atoms with Crippen LogP contribution in [0.25, 0.3) is 0 Å². The summed E-state index contributed by atoms with van der Waals surface area (Å²) in [7, 11) is 1.54. The van der Waals surface area contributed by atoms with Gasteiger partial charge in [0.25, 0.3) is 5.91 Å². The van der Waals surface area contributed by atoms with Crippen molar-refractivity contribution < 1.29 is 31.1 Å². The highest BCUT2D eigenvalue weighted by molar-refractivity contribution is 6.04. The topological polar surface area (TPSA) is 46.9 Å². The molecule has 26 heavy (non-hydrogen) atoms. The normalized spacial score (nSPS) is 14.4. The Labute approximate surface area is 143 Å². The van der Waals surface area contributed by atoms with Gasteiger partial charge in [0.05, 0.1) is 16.8 Å². The number of amides is 1. The monoisotopic (exact) mass is 377 g/mol. The number of anilines is 1. The fourth-order valence-electron chi connectivity index (χ4n) is 2.94. The molecule has 1 heterocycles. The molecule has 1 amide bonds. The SMILES string of the molecule is Cn1nc2c(c1NC(=O)c1cc(C(F)(F)F)cc(C(F)(F)F)c1)CCC2. The van der Waals surface area contributed by atoms with Crippen LogP contribution in [0.5, 0.6) is 0 Å². The van der Waals surface area contributed by atoms with Gasteiger partial charge in [-0.2, -0.15) is 31.4 Å². The Balaban J connectivity index is 1.99. The number of nitrogens with zero attached hydrogens (tertiary/aromatic N) is 2. The van der Waals surface area contributed by atoms with Crippen LogP contribution >= 0.6 is 0 Å². The van der Waals surface area contributed by atoms with Gasteiger partial charge in [0.15, 0.2) is 0 Å². The fraction of sp³-hybridized carbons (Fsp3) is 0.375. The van der Waals surface area contributed by atoms with Crippen molar-refractivity contribution in [3.05, 3.63) is 46.1 Å². The first-order valence-corrected chi connectivity index (χ1v) is 7.62. The summed E-state index contributed by atoms with van der Waals surface area (Å²) in [5, 5.41) is 6.58. The second-order valence-corrected chi connectivity index (χ2v) is 6.00. The number of nitrogens with one attached hydrogen (secondary N) is 1. The first-order valence-electron chi connectivity index (χ1n) is 7.62. The second kappa shape index (κ2) is 6.03. The molecule has 0 atom stereocenters. The molecule has 0 spiro atoms. The standard InChI is InChI=1S/C16H13F6N3O/c1-25-13(11-3-2-4-12(11)24-25)23-14(26)8-5-9(15(17,18)19)7-10(6-8)16(20,21)22/h5-7H,2-4H2,1H3,(H,23,26). The van der Waals surface area contributed by atoms with Gasteiger partial charge >= 0.3 is 12.4 Å². The minimum Gasteiger partial charge on any atom is -0.307 e. The summed E-state index contributed by atoms with van der Waals surface area (Å²) < 4.78 is 78.8. The van der Waals surface area contributed by atoms with E-state index in [1.807, 2.05) is 0 Å². The average Bonchev–Trinajstić information content (AvgIpc) is 3.08. The zero-order valence-corrected chi connectivity index (χ0v) is 13.4. The summed E-state index contributed by atoms with van der Waals surface area (Å²) in [6.45, 7) is 0. The van der Waals surface area contributed by atoms with E-state index in [1.54, 1.807) is 7.05 Å². The summed E-state index contributed by atoms with van der Waals surface area (Å²) >= 11 is 0. The molecule has 4 nitrogen and oxygen atoms in total. The molecule has 0 saturated carbocycles. The van der Waals surface area contributed by atoms with Crippen LogP contribution in [0.1, 0.15) is 39.2 Å². The third kappa shape index (κ3) is 3.40. The van der Waals surface area contributed by atoms with Crippen molar-refractivity contribution in [2.75, 3.05) is 5.32 Å². The first-order chi connectivity index (χ1) is 12.0. The maximum absolute atomic E-state index is 12.9. The Morgan fingerprint density at radius 1 is 1.04 bits per heavy atom. The van der Waals surface area contributed by atoms with Crippen molar-refractivity contribution in [3.63, 3.8) is 0 Å². The molecule has 1 N–H and O–H groups in total. The number of carbonyl (C=O) groups is 1. The Kier molecular flexibility index (Phi) is 4.24. The summed E-state index contributed by atoms with van der Waals surface area (Å²) in [5.74, 6) is -0.771. The van der Waals surface area contributed by atoms with Crippen molar-refractivity contribution in [1.82, 2.24) is 9.78 Å². The van der Waals surface area contributed by atoms with Gasteiger partial charge in [-0.25, -0.2) is 0 Å². The molecule has 0 saturated heterocycles. The Morgan fingerprint density at radius 3 is 2.15 bits per heavy atom. The minimum absolute atomic E-state index is 0.0153. The number of aryl methyl sites for hydroxylation is 2. The van der Waals surface area contributed by atoms with E-state index >= 15 is 0 Å². The van der Waals surface area contributed by atoms with E-state index in [0.29, 0.717) is 25.0 Å². The highest BCUT2D eigenvalue weighted by Gasteiger charge is 2.37. The van der Waals surface area contributed by atoms with E-state index in [2.05, 4.69) is 10.4 Å². The fourth-order valence-corrected chi connectivity index (χ4v) is 2.94. The number of alkyl halides is 6. The predicted octanol–water partition coefficient (Wildman–Crippen LogP) is 4.20. The molecule has 1 aliphatic rings. The maximum atomic E-state index is 12.9. The van der Waals surface area contributed by atoms with Crippen LogP contribution in [0.2, 0.25) is 0 Å². The highest BCUT2D eigenvalue weighted by Crippen LogP contribution is 2.36. The molecule has 0 bridgehead atoms. The zero-order chi connectivity index (χ0) is 19.3. The van der Waals surface area contributed by atoms with Crippen LogP contribution < -0.4 is 5.32 Å². The minimum atomic E-state index is -5.01. The molecule has 1 aromatic heterocycles. The first kappa shape index (κ1) is 18.3. The molecular formula is C16H13F6N3O. The molecule has 10 heteroatoms. The number of halogens is 6. The molecule has 0 aliphatic heterocycles. The predicted molar refractivity (Wildman–Crippen MR) is 79.6 cm³/mol. The van der Waals surface area contributed by atoms with Gasteiger partial charge in [-0.15, -0.1) is 0 Å². The van der Waals surface area contributed by atoms with Gasteiger partial charge in [0.1, 0.15) is 5.82 Å². The number of benzene rings is 1. The third-order valence-corrected chi connectivity index (χ3v) is 4.15. The van der Waals surface area contributed by atoms with Crippen molar-refractivity contribution in [2.24, 2.45) is 7.05 Å². The van der Waals surface area contributed by atoms with E-state index < -0.39 is 35.0 Å². The van der Waals surface area contributed by atoms with Crippen LogP contribution in [-0.4, -0.2) is 15.7 Å². The largest absolute Gasteiger partial charge is 0.416 e. The van der Waals surface area contributed by atoms with Crippen LogP contribution in [0.3, 0.4) is 0 Å². The van der Waals surface area contributed by atoms with Gasteiger partial charge in [0, 0.05) is 18.2 Å². The summed E-state index contributed by atoms with van der Waals surface area (Å²) in [6.07, 6.45) is -7.85. The summed E-state index contributed by atoms with van der Waals surface area (Å²) in [5.41, 5.74) is -2.27. The van der Waals surface area contributed by atoms with E-state index in [4.69, 9.17) is 0 Å². The van der Waals surface area contributed by atoms with Gasteiger partial charge in [0.2, 0.25) is 0 Å². The smallest absolute Gasteiger partial charge is 0.307 e. The average molecular weight is 377 g/mol. The lowest BCUT2D eigenvalue weighted by molar-refractivity contribution is -0.143. The van der Waals surface area contributed by atoms with Gasteiger partial charge < -0.3 is 5.32 Å². The van der Waals surface area contributed by atoms with E-state index in [0.717, 1.165) is 17.7 Å². The van der Waals surface area contributed by atoms with Crippen LogP contribution in [0.4, 0.5) is 32.2 Å². The molecule has 0 fully saturated rings. The lowest BCUT2D eigenvalue weighted by atomic mass is 10.0. The van der Waals surface area contributed by atoms with Crippen LogP contribution in [-0.2, 0) is 32.2 Å². The van der Waals surface area contributed by atoms with Crippen LogP contribution in [0.15, 0.2) is 18.2 Å². The summed E-state index contributed by atoms with van der Waals surface area (Å²) in [6, 6.07) is 0.793. The molecule has 1 aliphatic carbocycles. The number of hydrogen-bond acceptors (Lipinski definition) is 2. The van der Waals surface area contributed by atoms with Gasteiger partial charge in [-0.05, 0) is 37.5 Å². The number of hydrogen-bond donors (Lipinski definition) is 1. The van der Waals surface area contributed by atoms with E-state index in [9.17, 15) is 31.1 Å². The lowest BCUT2D eigenvalue weighted by Gasteiger charge is -2.14. The van der Waals surface area contributed by atoms with Gasteiger partial charge in [-0.3, -0.25) is 9.48 Å². The number of rotatable bonds is 2. The van der Waals surface area contributed by atoms with E-state index in [-0.39, 0.29) is 11.9 Å². The Bertz CT molecular complexity index is 834. The molecule has 0 radical (unpaired) electrons. The maximum Gasteiger partial charge on any atom is 0.416 e. The molecule has 0 unspecified atom stereocenters. The molecule has 140 valence electrons. The number of fused-ring (bicyclic) bond motifs is 1. The molecule has 1 aromatic carbocycles. The Morgan fingerprint density at radius 2 is 1.62 bits per heavy atom. The molecular weight excluding hydrogens is 364 g/mol. The van der Waals surface area contributed by atoms with E-state index in [1.165, 1.54) is 4.68 Å². The number of aromatic nitrogens is 2. The molecule has 3 rings (SSSR count). The molecule has 2 aromatic rings. The lowest BCUT2D eigenvalue weighted by Crippen LogP contribution is -2.19. The highest BCUT2D eigenvalue weighted by atomic mass is 19.4. The number of carbonyl (C=O) groups excluding carboxylic acids is 1. The van der Waals surface area contributed by atoms with Gasteiger partial charge in [-0.1, -0.05) is 0 Å². The summed E-state index contributed by atoms with van der Waals surface area (Å²) in [4.78, 5) is 12.3. The zero-order valence-electron chi connectivity index (χ0n) is 13.4. The third-order valence-electron chi connectivity index (χ3n) is 4.15. The van der Waals surface area contributed by atoms with Crippen molar-refractivity contribution in [2.45, 2.75) is 31.6 Å². The Hall–Kier alpha value is -2.52. The van der Waals surface area contributed by atoms with Crippen molar-refractivity contribution in [3.8, 4) is 0 Å². The quantitative estimate of drug-likeness (QED) is 0.798. The van der Waals surface area contributed by atoms with Crippen LogP contribution in [0, 0.1) is 0 Å². The van der Waals surface area contributed by atoms with Crippen molar-refractivity contribution in [1.29, 1.82) is 0 Å².